The van der Waals surface area contributed by atoms with Crippen molar-refractivity contribution in [2.45, 2.75) is 19.8 Å². The molecule has 38 heavy (non-hydrogen) atoms. The Bertz CT molecular complexity index is 1570. The van der Waals surface area contributed by atoms with Crippen molar-refractivity contribution in [3.63, 3.8) is 0 Å². The molecule has 1 aromatic carbocycles. The lowest BCUT2D eigenvalue weighted by Crippen LogP contribution is -2.51. The Morgan fingerprint density at radius 3 is 2.68 bits per heavy atom. The number of carboxylic acids is 1. The fourth-order valence-corrected chi connectivity index (χ4v) is 4.97. The lowest BCUT2D eigenvalue weighted by Gasteiger charge is -2.39. The number of Topliss-reactive ketones (excluding diaryl/α,β-unsaturated/α-hetero) is 1. The van der Waals surface area contributed by atoms with Gasteiger partial charge in [0.15, 0.2) is 23.1 Å². The predicted molar refractivity (Wildman–Crippen MR) is 140 cm³/mol. The molecule has 1 N–H and O–H groups in total. The van der Waals surface area contributed by atoms with Crippen LogP contribution in [0.4, 0.5) is 10.2 Å². The van der Waals surface area contributed by atoms with Crippen LogP contribution < -0.4 is 10.3 Å². The van der Waals surface area contributed by atoms with Gasteiger partial charge in [0.2, 0.25) is 10.6 Å². The summed E-state index contributed by atoms with van der Waals surface area (Å²) in [6.45, 7) is 3.62. The topological polar surface area (TPSA) is 128 Å². The maximum Gasteiger partial charge on any atom is 0.341 e. The maximum absolute atomic E-state index is 15.2. The number of hydrogen-bond acceptors (Lipinski definition) is 9. The van der Waals surface area contributed by atoms with Gasteiger partial charge >= 0.3 is 5.97 Å². The molecule has 4 heterocycles. The number of ether oxygens (including phenoxy) is 1. The normalized spacial score (nSPS) is 13.6. The van der Waals surface area contributed by atoms with E-state index >= 15 is 4.39 Å². The van der Waals surface area contributed by atoms with E-state index in [4.69, 9.17) is 4.74 Å². The third kappa shape index (κ3) is 4.92. The highest BCUT2D eigenvalue weighted by Crippen LogP contribution is 2.30. The monoisotopic (exact) mass is 537 g/mol. The zero-order valence-electron chi connectivity index (χ0n) is 20.5. The second-order valence-corrected chi connectivity index (χ2v) is 9.58. The zero-order valence-corrected chi connectivity index (χ0v) is 21.3. The van der Waals surface area contributed by atoms with Gasteiger partial charge in [0.1, 0.15) is 11.3 Å². The van der Waals surface area contributed by atoms with Crippen molar-refractivity contribution in [2.75, 3.05) is 31.2 Å². The summed E-state index contributed by atoms with van der Waals surface area (Å²) in [4.78, 5) is 47.7. The highest BCUT2D eigenvalue weighted by Gasteiger charge is 2.35. The summed E-state index contributed by atoms with van der Waals surface area (Å²) in [6.07, 6.45) is 2.17. The maximum atomic E-state index is 15.2. The van der Waals surface area contributed by atoms with Crippen LogP contribution in [0.1, 0.15) is 30.1 Å². The number of carbonyl (C=O) groups excluding carboxylic acids is 1. The molecule has 0 spiro atoms. The van der Waals surface area contributed by atoms with E-state index in [1.807, 2.05) is 37.3 Å². The van der Waals surface area contributed by atoms with Gasteiger partial charge in [0, 0.05) is 56.0 Å². The standard InChI is InChI=1S/C26H24FN5O5S/c1-2-37-10-6-9-20(33)16-12-31(13-16)24-19(27)11-17-21(34)18(25(35)36)14-32(23(17)29-24)26-28-22(30-38-26)15-7-4-3-5-8-15/h3-5,7-8,11,14,16H,2,6,9-10,12-13H2,1H3,(H,35,36). The summed E-state index contributed by atoms with van der Waals surface area (Å²) < 4.78 is 26.1. The fourth-order valence-electron chi connectivity index (χ4n) is 4.30. The van der Waals surface area contributed by atoms with Gasteiger partial charge in [-0.1, -0.05) is 30.3 Å². The first-order valence-corrected chi connectivity index (χ1v) is 12.9. The van der Waals surface area contributed by atoms with Crippen LogP contribution in [-0.2, 0) is 9.53 Å². The number of ketones is 1. The molecule has 1 aliphatic heterocycles. The van der Waals surface area contributed by atoms with Crippen LogP contribution in [-0.4, -0.2) is 62.1 Å². The van der Waals surface area contributed by atoms with Crippen LogP contribution in [0.5, 0.6) is 0 Å². The summed E-state index contributed by atoms with van der Waals surface area (Å²) in [6, 6.07) is 10.2. The highest BCUT2D eigenvalue weighted by atomic mass is 32.1. The van der Waals surface area contributed by atoms with Crippen molar-refractivity contribution in [3.8, 4) is 16.5 Å². The van der Waals surface area contributed by atoms with Gasteiger partial charge in [-0.15, -0.1) is 0 Å². The Morgan fingerprint density at radius 1 is 1.21 bits per heavy atom. The lowest BCUT2D eigenvalue weighted by molar-refractivity contribution is -0.123. The summed E-state index contributed by atoms with van der Waals surface area (Å²) in [5.41, 5.74) is -0.570. The van der Waals surface area contributed by atoms with Gasteiger partial charge in [-0.3, -0.25) is 14.2 Å². The van der Waals surface area contributed by atoms with Crippen LogP contribution in [0, 0.1) is 11.7 Å². The molecule has 0 saturated carbocycles. The number of carbonyl (C=O) groups is 2. The molecule has 0 bridgehead atoms. The van der Waals surface area contributed by atoms with Crippen LogP contribution in [0.25, 0.3) is 27.6 Å². The summed E-state index contributed by atoms with van der Waals surface area (Å²) >= 11 is 0.997. The Balaban J connectivity index is 1.49. The van der Waals surface area contributed by atoms with Crippen molar-refractivity contribution in [2.24, 2.45) is 5.92 Å². The summed E-state index contributed by atoms with van der Waals surface area (Å²) in [5.74, 6) is -1.95. The number of anilines is 1. The molecule has 1 saturated heterocycles. The average Bonchev–Trinajstić information content (AvgIpc) is 3.37. The van der Waals surface area contributed by atoms with Crippen LogP contribution in [0.2, 0.25) is 0 Å². The van der Waals surface area contributed by atoms with E-state index in [1.54, 1.807) is 4.90 Å². The second kappa shape index (κ2) is 10.8. The number of aromatic carboxylic acids is 1. The number of fused-ring (bicyclic) bond motifs is 1. The van der Waals surface area contributed by atoms with Gasteiger partial charge in [-0.05, 0) is 19.4 Å². The number of aromatic nitrogens is 4. The SMILES string of the molecule is CCOCCCC(=O)C1CN(c2nc3c(cc2F)c(=O)c(C(=O)O)cn3-c2nc(-c3ccccc3)ns2)C1. The van der Waals surface area contributed by atoms with E-state index in [1.165, 1.54) is 4.57 Å². The number of carboxylic acid groups (broad SMARTS) is 1. The number of hydrogen-bond donors (Lipinski definition) is 1. The first kappa shape index (κ1) is 25.6. The van der Waals surface area contributed by atoms with Gasteiger partial charge in [-0.25, -0.2) is 14.2 Å². The molecular weight excluding hydrogens is 513 g/mol. The van der Waals surface area contributed by atoms with Gasteiger partial charge in [-0.2, -0.15) is 9.36 Å². The van der Waals surface area contributed by atoms with E-state index in [-0.39, 0.29) is 33.7 Å². The van der Waals surface area contributed by atoms with Gasteiger partial charge in [0.05, 0.1) is 11.3 Å². The number of pyridine rings is 2. The van der Waals surface area contributed by atoms with Crippen LogP contribution in [0.15, 0.2) is 47.4 Å². The van der Waals surface area contributed by atoms with Gasteiger partial charge < -0.3 is 14.7 Å². The molecular formula is C26H24FN5O5S. The summed E-state index contributed by atoms with van der Waals surface area (Å²) in [7, 11) is 0. The minimum Gasteiger partial charge on any atom is -0.477 e. The number of halogens is 1. The molecule has 10 nitrogen and oxygen atoms in total. The second-order valence-electron chi connectivity index (χ2n) is 8.85. The van der Waals surface area contributed by atoms with E-state index < -0.39 is 22.8 Å². The molecule has 0 atom stereocenters. The highest BCUT2D eigenvalue weighted by molar-refractivity contribution is 7.08. The van der Waals surface area contributed by atoms with Crippen molar-refractivity contribution < 1.29 is 23.8 Å². The Morgan fingerprint density at radius 2 is 1.97 bits per heavy atom. The first-order valence-electron chi connectivity index (χ1n) is 12.1. The van der Waals surface area contributed by atoms with Gasteiger partial charge in [0.25, 0.3) is 0 Å². The largest absolute Gasteiger partial charge is 0.477 e. The van der Waals surface area contributed by atoms with E-state index in [0.29, 0.717) is 45.0 Å². The Kier molecular flexibility index (Phi) is 7.25. The third-order valence-electron chi connectivity index (χ3n) is 6.35. The number of rotatable bonds is 10. The fraction of sp³-hybridized carbons (Fsp3) is 0.308. The van der Waals surface area contributed by atoms with E-state index in [9.17, 15) is 19.5 Å². The molecule has 1 aliphatic rings. The Hall–Kier alpha value is -4.03. The van der Waals surface area contributed by atoms with E-state index in [2.05, 4.69) is 14.3 Å². The molecule has 1 fully saturated rings. The lowest BCUT2D eigenvalue weighted by atomic mass is 9.92. The van der Waals surface area contributed by atoms with Crippen LogP contribution >= 0.6 is 11.5 Å². The van der Waals surface area contributed by atoms with Crippen molar-refractivity contribution in [1.82, 2.24) is 18.9 Å². The number of benzene rings is 1. The van der Waals surface area contributed by atoms with Crippen molar-refractivity contribution in [3.05, 3.63) is 64.2 Å². The first-order chi connectivity index (χ1) is 18.4. The van der Waals surface area contributed by atoms with Crippen molar-refractivity contribution >= 4 is 40.1 Å². The predicted octanol–water partition coefficient (Wildman–Crippen LogP) is 3.56. The third-order valence-corrected chi connectivity index (χ3v) is 7.06. The molecule has 5 rings (SSSR count). The minimum atomic E-state index is -1.45. The molecule has 3 aromatic heterocycles. The quantitative estimate of drug-likeness (QED) is 0.302. The Labute approximate surface area is 220 Å². The van der Waals surface area contributed by atoms with Crippen molar-refractivity contribution in [1.29, 1.82) is 0 Å². The zero-order chi connectivity index (χ0) is 26.8. The smallest absolute Gasteiger partial charge is 0.341 e. The molecule has 0 aliphatic carbocycles. The molecule has 0 amide bonds. The van der Waals surface area contributed by atoms with E-state index in [0.717, 1.165) is 29.4 Å². The molecule has 4 aromatic rings. The average molecular weight is 538 g/mol. The molecule has 196 valence electrons. The van der Waals surface area contributed by atoms with Crippen LogP contribution in [0.3, 0.4) is 0 Å². The summed E-state index contributed by atoms with van der Waals surface area (Å²) in [5, 5.41) is 9.69. The minimum absolute atomic E-state index is 0.0140. The molecule has 0 radical (unpaired) electrons. The molecule has 0 unspecified atom stereocenters. The molecule has 12 heteroatoms. The number of nitrogens with zero attached hydrogens (tertiary/aromatic N) is 5.